The molecule has 134 valence electrons. The second-order valence-electron chi connectivity index (χ2n) is 6.63. The lowest BCUT2D eigenvalue weighted by atomic mass is 9.96. The Labute approximate surface area is 145 Å². The molecule has 1 aromatic rings. The van der Waals surface area contributed by atoms with Gasteiger partial charge in [0.2, 0.25) is 0 Å². The topological polar surface area (TPSA) is 35.9 Å². The molecule has 4 nitrogen and oxygen atoms in total. The normalized spacial score (nSPS) is 26.2. The van der Waals surface area contributed by atoms with Crippen LogP contribution in [0.2, 0.25) is 5.02 Å². The minimum atomic E-state index is -0.686. The average Bonchev–Trinajstić information content (AvgIpc) is 2.98. The molecular formula is C17H23ClF2N2O2. The van der Waals surface area contributed by atoms with Crippen LogP contribution in [0.4, 0.5) is 8.78 Å². The van der Waals surface area contributed by atoms with E-state index in [1.165, 1.54) is 12.1 Å². The van der Waals surface area contributed by atoms with Gasteiger partial charge in [0.15, 0.2) is 0 Å². The predicted octanol–water partition coefficient (Wildman–Crippen LogP) is 1.99. The van der Waals surface area contributed by atoms with Crippen LogP contribution in [-0.4, -0.2) is 67.5 Å². The van der Waals surface area contributed by atoms with E-state index in [0.717, 1.165) is 32.8 Å². The lowest BCUT2D eigenvalue weighted by Crippen LogP contribution is -2.41. The Hall–Kier alpha value is -0.790. The van der Waals surface area contributed by atoms with E-state index in [1.54, 1.807) is 0 Å². The molecule has 24 heavy (non-hydrogen) atoms. The van der Waals surface area contributed by atoms with Crippen molar-refractivity contribution in [1.82, 2.24) is 9.80 Å². The fourth-order valence-electron chi connectivity index (χ4n) is 3.63. The highest BCUT2D eigenvalue weighted by Gasteiger charge is 2.34. The maximum Gasteiger partial charge on any atom is 0.149 e. The van der Waals surface area contributed by atoms with Crippen molar-refractivity contribution in [2.45, 2.75) is 6.54 Å². The zero-order chi connectivity index (χ0) is 17.1. The molecule has 0 radical (unpaired) electrons. The van der Waals surface area contributed by atoms with Gasteiger partial charge in [-0.15, -0.1) is 0 Å². The molecule has 2 heterocycles. The fourth-order valence-corrected chi connectivity index (χ4v) is 3.81. The van der Waals surface area contributed by atoms with Crippen molar-refractivity contribution in [3.63, 3.8) is 0 Å². The Morgan fingerprint density at radius 1 is 1.12 bits per heavy atom. The van der Waals surface area contributed by atoms with E-state index in [-0.39, 0.29) is 29.7 Å². The molecule has 1 aromatic carbocycles. The lowest BCUT2D eigenvalue weighted by Gasteiger charge is -2.30. The molecule has 0 bridgehead atoms. The highest BCUT2D eigenvalue weighted by atomic mass is 35.5. The summed E-state index contributed by atoms with van der Waals surface area (Å²) in [5, 5.41) is 9.60. The van der Waals surface area contributed by atoms with E-state index in [9.17, 15) is 13.9 Å². The molecule has 0 saturated carbocycles. The SMILES string of the molecule is OC[C@@H]1CN(Cc2c(F)ccc(Cl)c2F)C[C@@H]1CN1CCOCC1. The van der Waals surface area contributed by atoms with Gasteiger partial charge in [0.25, 0.3) is 0 Å². The lowest BCUT2D eigenvalue weighted by molar-refractivity contribution is 0.0264. The largest absolute Gasteiger partial charge is 0.396 e. The first-order valence-corrected chi connectivity index (χ1v) is 8.72. The Kier molecular flexibility index (Phi) is 6.05. The number of likely N-dealkylation sites (tertiary alicyclic amines) is 1. The van der Waals surface area contributed by atoms with Crippen molar-refractivity contribution in [2.75, 3.05) is 52.5 Å². The summed E-state index contributed by atoms with van der Waals surface area (Å²) in [4.78, 5) is 4.34. The molecule has 1 N–H and O–H groups in total. The fraction of sp³-hybridized carbons (Fsp3) is 0.647. The molecule has 2 aliphatic rings. The second kappa shape index (κ2) is 8.06. The van der Waals surface area contributed by atoms with Gasteiger partial charge < -0.3 is 9.84 Å². The minimum absolute atomic E-state index is 0.00575. The van der Waals surface area contributed by atoms with E-state index in [1.807, 2.05) is 4.90 Å². The van der Waals surface area contributed by atoms with Crippen molar-refractivity contribution in [2.24, 2.45) is 11.8 Å². The zero-order valence-electron chi connectivity index (χ0n) is 13.6. The van der Waals surface area contributed by atoms with Crippen LogP contribution in [0, 0.1) is 23.5 Å². The number of morpholine rings is 1. The molecule has 2 aliphatic heterocycles. The van der Waals surface area contributed by atoms with Crippen LogP contribution in [0.5, 0.6) is 0 Å². The van der Waals surface area contributed by atoms with Crippen LogP contribution < -0.4 is 0 Å². The molecule has 0 amide bonds. The van der Waals surface area contributed by atoms with Gasteiger partial charge in [0.05, 0.1) is 18.2 Å². The zero-order valence-corrected chi connectivity index (χ0v) is 14.3. The average molecular weight is 361 g/mol. The molecular weight excluding hydrogens is 338 g/mol. The number of nitrogens with zero attached hydrogens (tertiary/aromatic N) is 2. The van der Waals surface area contributed by atoms with Gasteiger partial charge in [-0.1, -0.05) is 11.6 Å². The number of hydrogen-bond acceptors (Lipinski definition) is 4. The van der Waals surface area contributed by atoms with E-state index in [2.05, 4.69) is 4.90 Å². The van der Waals surface area contributed by atoms with Crippen LogP contribution in [0.25, 0.3) is 0 Å². The standard InChI is InChI=1S/C17H23ClF2N2O2/c18-15-1-2-16(19)14(17(15)20)10-22-8-12(13(9-22)11-23)7-21-3-5-24-6-4-21/h1-2,12-13,23H,3-11H2/t12-,13-/m0/s1. The first-order chi connectivity index (χ1) is 11.6. The number of benzene rings is 1. The number of ether oxygens (including phenoxy) is 1. The van der Waals surface area contributed by atoms with Crippen LogP contribution in [0.1, 0.15) is 5.56 Å². The van der Waals surface area contributed by atoms with Crippen molar-refractivity contribution < 1.29 is 18.6 Å². The number of rotatable bonds is 5. The smallest absolute Gasteiger partial charge is 0.149 e. The van der Waals surface area contributed by atoms with Crippen LogP contribution in [-0.2, 0) is 11.3 Å². The molecule has 0 aromatic heterocycles. The quantitative estimate of drug-likeness (QED) is 0.815. The Morgan fingerprint density at radius 3 is 2.54 bits per heavy atom. The number of hydrogen-bond donors (Lipinski definition) is 1. The Bertz CT molecular complexity index is 570. The van der Waals surface area contributed by atoms with Gasteiger partial charge in [-0.3, -0.25) is 9.80 Å². The summed E-state index contributed by atoms with van der Waals surface area (Å²) in [7, 11) is 0. The van der Waals surface area contributed by atoms with Gasteiger partial charge in [-0.25, -0.2) is 8.78 Å². The monoisotopic (exact) mass is 360 g/mol. The van der Waals surface area contributed by atoms with E-state index < -0.39 is 11.6 Å². The third-order valence-electron chi connectivity index (χ3n) is 5.00. The summed E-state index contributed by atoms with van der Waals surface area (Å²) in [5.41, 5.74) is 0.00575. The Morgan fingerprint density at radius 2 is 1.83 bits per heavy atom. The summed E-state index contributed by atoms with van der Waals surface area (Å²) in [6.45, 7) is 5.76. The third kappa shape index (κ3) is 4.06. The van der Waals surface area contributed by atoms with Gasteiger partial charge in [-0.05, 0) is 24.0 Å². The predicted molar refractivity (Wildman–Crippen MR) is 88.0 cm³/mol. The van der Waals surface area contributed by atoms with Gasteiger partial charge in [0.1, 0.15) is 11.6 Å². The van der Waals surface area contributed by atoms with E-state index in [4.69, 9.17) is 16.3 Å². The van der Waals surface area contributed by atoms with Crippen LogP contribution in [0.15, 0.2) is 12.1 Å². The number of halogens is 3. The van der Waals surface area contributed by atoms with Crippen LogP contribution >= 0.6 is 11.6 Å². The van der Waals surface area contributed by atoms with E-state index in [0.29, 0.717) is 19.0 Å². The summed E-state index contributed by atoms with van der Waals surface area (Å²) in [6, 6.07) is 2.43. The first kappa shape index (κ1) is 18.0. The molecule has 3 rings (SSSR count). The molecule has 0 aliphatic carbocycles. The van der Waals surface area contributed by atoms with Crippen LogP contribution in [0.3, 0.4) is 0 Å². The highest BCUT2D eigenvalue weighted by Crippen LogP contribution is 2.28. The molecule has 2 saturated heterocycles. The molecule has 7 heteroatoms. The molecule has 0 unspecified atom stereocenters. The van der Waals surface area contributed by atoms with Gasteiger partial charge in [-0.2, -0.15) is 0 Å². The molecule has 0 spiro atoms. The Balaban J connectivity index is 1.64. The summed E-state index contributed by atoms with van der Waals surface area (Å²) in [5.74, 6) is -0.848. The molecule has 2 atom stereocenters. The highest BCUT2D eigenvalue weighted by molar-refractivity contribution is 6.30. The summed E-state index contributed by atoms with van der Waals surface area (Å²) in [6.07, 6.45) is 0. The second-order valence-corrected chi connectivity index (χ2v) is 7.04. The van der Waals surface area contributed by atoms with Crippen molar-refractivity contribution >= 4 is 11.6 Å². The first-order valence-electron chi connectivity index (χ1n) is 8.34. The maximum absolute atomic E-state index is 14.1. The maximum atomic E-state index is 14.1. The third-order valence-corrected chi connectivity index (χ3v) is 5.30. The van der Waals surface area contributed by atoms with Gasteiger partial charge in [0, 0.05) is 51.4 Å². The van der Waals surface area contributed by atoms with E-state index >= 15 is 0 Å². The number of aliphatic hydroxyl groups is 1. The summed E-state index contributed by atoms with van der Waals surface area (Å²) >= 11 is 5.77. The van der Waals surface area contributed by atoms with Crippen molar-refractivity contribution in [1.29, 1.82) is 0 Å². The van der Waals surface area contributed by atoms with Crippen molar-refractivity contribution in [3.8, 4) is 0 Å². The minimum Gasteiger partial charge on any atom is -0.396 e. The molecule has 2 fully saturated rings. The van der Waals surface area contributed by atoms with Crippen molar-refractivity contribution in [3.05, 3.63) is 34.4 Å². The van der Waals surface area contributed by atoms with Gasteiger partial charge >= 0.3 is 0 Å². The number of aliphatic hydroxyl groups excluding tert-OH is 1. The summed E-state index contributed by atoms with van der Waals surface area (Å²) < 4.78 is 33.4.